The number of thiophene rings is 1. The fourth-order valence-corrected chi connectivity index (χ4v) is 4.39. The van der Waals surface area contributed by atoms with Crippen LogP contribution in [0.3, 0.4) is 0 Å². The summed E-state index contributed by atoms with van der Waals surface area (Å²) in [4.78, 5) is 8.41. The number of aliphatic hydroxyl groups is 1. The summed E-state index contributed by atoms with van der Waals surface area (Å²) in [6, 6.07) is 8.58. The van der Waals surface area contributed by atoms with Crippen LogP contribution in [-0.4, -0.2) is 34.7 Å². The topological polar surface area (TPSA) is 36.4 Å². The third kappa shape index (κ3) is 3.56. The number of rotatable bonds is 6. The van der Waals surface area contributed by atoms with Gasteiger partial charge in [0.25, 0.3) is 0 Å². The monoisotopic (exact) mass is 344 g/mol. The quantitative estimate of drug-likeness (QED) is 0.860. The van der Waals surface area contributed by atoms with Crippen LogP contribution in [0.1, 0.15) is 42.8 Å². The van der Waals surface area contributed by atoms with Crippen molar-refractivity contribution in [1.29, 1.82) is 0 Å². The molecule has 1 fully saturated rings. The molecule has 0 radical (unpaired) electrons. The Balaban J connectivity index is 1.70. The number of hydrogen-bond donors (Lipinski definition) is 1. The summed E-state index contributed by atoms with van der Waals surface area (Å²) in [7, 11) is 0. The minimum atomic E-state index is -0.0550. The summed E-state index contributed by atoms with van der Waals surface area (Å²) in [5.41, 5.74) is 2.27. The van der Waals surface area contributed by atoms with Crippen molar-refractivity contribution in [2.45, 2.75) is 45.6 Å². The fourth-order valence-electron chi connectivity index (χ4n) is 3.68. The smallest absolute Gasteiger partial charge is 0.0500 e. The zero-order valence-electron chi connectivity index (χ0n) is 15.0. The predicted molar refractivity (Wildman–Crippen MR) is 100 cm³/mol. The van der Waals surface area contributed by atoms with Crippen LogP contribution in [0, 0.1) is 12.3 Å². The number of aliphatic hydroxyl groups excluding tert-OH is 1. The summed E-state index contributed by atoms with van der Waals surface area (Å²) in [6.07, 6.45) is 5.19. The predicted octanol–water partition coefficient (Wildman–Crippen LogP) is 4.00. The van der Waals surface area contributed by atoms with Crippen LogP contribution in [0.4, 0.5) is 0 Å². The van der Waals surface area contributed by atoms with Crippen LogP contribution < -0.4 is 0 Å². The van der Waals surface area contributed by atoms with Gasteiger partial charge < -0.3 is 5.11 Å². The lowest BCUT2D eigenvalue weighted by Gasteiger charge is -2.37. The maximum atomic E-state index is 10.1. The second kappa shape index (κ2) is 6.95. The summed E-state index contributed by atoms with van der Waals surface area (Å²) in [5, 5.41) is 12.2. The Morgan fingerprint density at radius 3 is 2.79 bits per heavy atom. The van der Waals surface area contributed by atoms with Gasteiger partial charge in [0, 0.05) is 40.9 Å². The Morgan fingerprint density at radius 1 is 1.33 bits per heavy atom. The highest BCUT2D eigenvalue weighted by Crippen LogP contribution is 2.41. The molecule has 0 spiro atoms. The van der Waals surface area contributed by atoms with Crippen molar-refractivity contribution in [2.24, 2.45) is 5.41 Å². The van der Waals surface area contributed by atoms with E-state index in [1.54, 1.807) is 0 Å². The number of hydrogen-bond acceptors (Lipinski definition) is 4. The average molecular weight is 345 g/mol. The highest BCUT2D eigenvalue weighted by Gasteiger charge is 2.43. The molecule has 3 heterocycles. The molecule has 2 aromatic rings. The lowest BCUT2D eigenvalue weighted by atomic mass is 9.82. The van der Waals surface area contributed by atoms with Crippen LogP contribution in [0.5, 0.6) is 0 Å². The van der Waals surface area contributed by atoms with Gasteiger partial charge in [-0.25, -0.2) is 0 Å². The molecular weight excluding hydrogens is 316 g/mol. The van der Waals surface area contributed by atoms with Gasteiger partial charge in [0.2, 0.25) is 0 Å². The second-order valence-electron chi connectivity index (χ2n) is 7.66. The maximum absolute atomic E-state index is 10.1. The molecule has 1 aliphatic heterocycles. The molecule has 0 amide bonds. The fraction of sp³-hybridized carbons (Fsp3) is 0.550. The first kappa shape index (κ1) is 17.6. The molecule has 1 N–H and O–H groups in total. The average Bonchev–Trinajstić information content (AvgIpc) is 3.24. The van der Waals surface area contributed by atoms with Gasteiger partial charge in [-0.15, -0.1) is 11.3 Å². The Hall–Kier alpha value is -1.23. The van der Waals surface area contributed by atoms with E-state index in [9.17, 15) is 5.11 Å². The lowest BCUT2D eigenvalue weighted by molar-refractivity contribution is 0.0871. The van der Waals surface area contributed by atoms with Crippen molar-refractivity contribution in [3.63, 3.8) is 0 Å². The highest BCUT2D eigenvalue weighted by atomic mass is 32.1. The first-order chi connectivity index (χ1) is 11.5. The summed E-state index contributed by atoms with van der Waals surface area (Å²) >= 11 is 1.82. The highest BCUT2D eigenvalue weighted by molar-refractivity contribution is 7.09. The summed E-state index contributed by atoms with van der Waals surface area (Å²) < 4.78 is 0. The molecule has 1 saturated heterocycles. The van der Waals surface area contributed by atoms with Crippen LogP contribution in [0.25, 0.3) is 0 Å². The lowest BCUT2D eigenvalue weighted by Crippen LogP contribution is -2.42. The SMILES string of the molecule is Cc1ccc(C(C)(C)N2CC[C@@](CO)(CCc3cccs3)C2)cn1. The number of aromatic nitrogens is 1. The molecule has 0 aliphatic carbocycles. The van der Waals surface area contributed by atoms with Gasteiger partial charge in [-0.1, -0.05) is 12.1 Å². The van der Waals surface area contributed by atoms with E-state index in [0.29, 0.717) is 0 Å². The molecule has 0 aromatic carbocycles. The molecule has 1 aliphatic rings. The van der Waals surface area contributed by atoms with Crippen molar-refractivity contribution in [2.75, 3.05) is 19.7 Å². The first-order valence-corrected chi connectivity index (χ1v) is 9.65. The summed E-state index contributed by atoms with van der Waals surface area (Å²) in [5.74, 6) is 0. The van der Waals surface area contributed by atoms with Gasteiger partial charge in [0.1, 0.15) is 0 Å². The van der Waals surface area contributed by atoms with Crippen LogP contribution in [0.2, 0.25) is 0 Å². The molecule has 2 aromatic heterocycles. The van der Waals surface area contributed by atoms with Crippen LogP contribution in [-0.2, 0) is 12.0 Å². The van der Waals surface area contributed by atoms with Gasteiger partial charge in [0.05, 0.1) is 0 Å². The van der Waals surface area contributed by atoms with E-state index >= 15 is 0 Å². The normalized spacial score (nSPS) is 22.2. The Labute approximate surface area is 149 Å². The van der Waals surface area contributed by atoms with E-state index in [1.165, 1.54) is 10.4 Å². The van der Waals surface area contributed by atoms with E-state index in [1.807, 2.05) is 24.5 Å². The van der Waals surface area contributed by atoms with E-state index in [0.717, 1.165) is 38.0 Å². The zero-order chi connectivity index (χ0) is 17.2. The molecule has 0 unspecified atom stereocenters. The van der Waals surface area contributed by atoms with Gasteiger partial charge in [0.15, 0.2) is 0 Å². The molecule has 4 heteroatoms. The van der Waals surface area contributed by atoms with E-state index in [2.05, 4.69) is 53.4 Å². The Morgan fingerprint density at radius 2 is 2.17 bits per heavy atom. The van der Waals surface area contributed by atoms with Gasteiger partial charge in [-0.3, -0.25) is 9.88 Å². The zero-order valence-corrected chi connectivity index (χ0v) is 15.8. The van der Waals surface area contributed by atoms with E-state index in [4.69, 9.17) is 0 Å². The number of aryl methyl sites for hydroxylation is 2. The molecule has 0 bridgehead atoms. The standard InChI is InChI=1S/C20H28N2OS/c1-16-6-7-17(13-21-16)19(2,3)22-11-10-20(14-22,15-23)9-8-18-5-4-12-24-18/h4-7,12-13,23H,8-11,14-15H2,1-3H3/t20-/m0/s1. The third-order valence-electron chi connectivity index (χ3n) is 5.66. The molecule has 3 nitrogen and oxygen atoms in total. The molecule has 130 valence electrons. The van der Waals surface area contributed by atoms with E-state index in [-0.39, 0.29) is 17.6 Å². The van der Waals surface area contributed by atoms with Crippen molar-refractivity contribution < 1.29 is 5.11 Å². The minimum Gasteiger partial charge on any atom is -0.396 e. The van der Waals surface area contributed by atoms with Gasteiger partial charge in [-0.2, -0.15) is 0 Å². The Kier molecular flexibility index (Phi) is 5.09. The largest absolute Gasteiger partial charge is 0.396 e. The molecular formula is C20H28N2OS. The number of pyridine rings is 1. The molecule has 0 saturated carbocycles. The van der Waals surface area contributed by atoms with Crippen molar-refractivity contribution in [3.05, 3.63) is 52.0 Å². The minimum absolute atomic E-state index is 0.0272. The van der Waals surface area contributed by atoms with Crippen LogP contribution >= 0.6 is 11.3 Å². The number of nitrogens with zero attached hydrogens (tertiary/aromatic N) is 2. The first-order valence-electron chi connectivity index (χ1n) is 8.77. The Bertz CT molecular complexity index is 651. The van der Waals surface area contributed by atoms with Crippen molar-refractivity contribution in [1.82, 2.24) is 9.88 Å². The van der Waals surface area contributed by atoms with Crippen molar-refractivity contribution in [3.8, 4) is 0 Å². The molecule has 3 rings (SSSR count). The van der Waals surface area contributed by atoms with E-state index < -0.39 is 0 Å². The van der Waals surface area contributed by atoms with Gasteiger partial charge >= 0.3 is 0 Å². The molecule has 24 heavy (non-hydrogen) atoms. The van der Waals surface area contributed by atoms with Crippen LogP contribution in [0.15, 0.2) is 35.8 Å². The summed E-state index contributed by atoms with van der Waals surface area (Å²) in [6.45, 7) is 8.82. The third-order valence-corrected chi connectivity index (χ3v) is 6.60. The second-order valence-corrected chi connectivity index (χ2v) is 8.69. The molecule has 1 atom stereocenters. The van der Waals surface area contributed by atoms with Crippen molar-refractivity contribution >= 4 is 11.3 Å². The number of likely N-dealkylation sites (tertiary alicyclic amines) is 1. The van der Waals surface area contributed by atoms with Gasteiger partial charge in [-0.05, 0) is 69.7 Å². The maximum Gasteiger partial charge on any atom is 0.0500 e.